The molecule has 0 amide bonds. The third-order valence-electron chi connectivity index (χ3n) is 3.15. The van der Waals surface area contributed by atoms with Crippen LogP contribution in [0.1, 0.15) is 45.4 Å². The summed E-state index contributed by atoms with van der Waals surface area (Å²) in [6, 6.07) is 0. The van der Waals surface area contributed by atoms with Crippen molar-refractivity contribution in [3.63, 3.8) is 0 Å². The van der Waals surface area contributed by atoms with Crippen LogP contribution in [-0.4, -0.2) is 30.3 Å². The summed E-state index contributed by atoms with van der Waals surface area (Å²) in [5, 5.41) is 0. The van der Waals surface area contributed by atoms with Gasteiger partial charge in [-0.15, -0.1) is 0 Å². The Balaban J connectivity index is 2.25. The van der Waals surface area contributed by atoms with E-state index < -0.39 is 37.1 Å². The summed E-state index contributed by atoms with van der Waals surface area (Å²) in [4.78, 5) is 22.6. The SMILES string of the molecule is C=C(C)C(=O)OC1CCC(OC(=O)CCC(F)(F)F)CC1. The summed E-state index contributed by atoms with van der Waals surface area (Å²) in [5.41, 5.74) is 0.315. The van der Waals surface area contributed by atoms with E-state index in [-0.39, 0.29) is 6.10 Å². The summed E-state index contributed by atoms with van der Waals surface area (Å²) in [6.07, 6.45) is -4.83. The van der Waals surface area contributed by atoms with Crippen molar-refractivity contribution in [1.29, 1.82) is 0 Å². The van der Waals surface area contributed by atoms with Gasteiger partial charge in [0.15, 0.2) is 0 Å². The van der Waals surface area contributed by atoms with Crippen molar-refractivity contribution in [3.8, 4) is 0 Å². The minimum Gasteiger partial charge on any atom is -0.462 e. The lowest BCUT2D eigenvalue weighted by atomic mass is 9.95. The van der Waals surface area contributed by atoms with Gasteiger partial charge in [-0.3, -0.25) is 4.79 Å². The molecule has 120 valence electrons. The van der Waals surface area contributed by atoms with Crippen LogP contribution in [0.3, 0.4) is 0 Å². The fraction of sp³-hybridized carbons (Fsp3) is 0.714. The van der Waals surface area contributed by atoms with Gasteiger partial charge in [0.05, 0.1) is 12.8 Å². The fourth-order valence-electron chi connectivity index (χ4n) is 2.01. The first-order chi connectivity index (χ1) is 9.67. The van der Waals surface area contributed by atoms with Gasteiger partial charge < -0.3 is 9.47 Å². The molecule has 0 aromatic carbocycles. The first kappa shape index (κ1) is 17.5. The second kappa shape index (κ2) is 7.47. The maximum Gasteiger partial charge on any atom is 0.389 e. The smallest absolute Gasteiger partial charge is 0.389 e. The third kappa shape index (κ3) is 7.15. The molecule has 0 radical (unpaired) electrons. The van der Waals surface area contributed by atoms with Gasteiger partial charge in [-0.1, -0.05) is 6.58 Å². The molecule has 0 saturated heterocycles. The van der Waals surface area contributed by atoms with E-state index in [2.05, 4.69) is 6.58 Å². The highest BCUT2D eigenvalue weighted by molar-refractivity contribution is 5.87. The molecule has 1 rings (SSSR count). The van der Waals surface area contributed by atoms with Crippen molar-refractivity contribution in [2.45, 2.75) is 63.8 Å². The van der Waals surface area contributed by atoms with Crippen LogP contribution >= 0.6 is 0 Å². The van der Waals surface area contributed by atoms with Crippen LogP contribution in [0.4, 0.5) is 13.2 Å². The monoisotopic (exact) mass is 308 g/mol. The van der Waals surface area contributed by atoms with Crippen LogP contribution in [0.25, 0.3) is 0 Å². The van der Waals surface area contributed by atoms with Crippen molar-refractivity contribution in [3.05, 3.63) is 12.2 Å². The summed E-state index contributed by atoms with van der Waals surface area (Å²) >= 11 is 0. The lowest BCUT2D eigenvalue weighted by Gasteiger charge is -2.28. The molecule has 1 aliphatic carbocycles. The molecule has 0 spiro atoms. The average Bonchev–Trinajstić information content (AvgIpc) is 2.38. The number of alkyl halides is 3. The second-order valence-corrected chi connectivity index (χ2v) is 5.19. The van der Waals surface area contributed by atoms with Gasteiger partial charge in [0.25, 0.3) is 0 Å². The molecule has 7 heteroatoms. The zero-order valence-electron chi connectivity index (χ0n) is 11.9. The Morgan fingerprint density at radius 2 is 1.57 bits per heavy atom. The van der Waals surface area contributed by atoms with Crippen LogP contribution in [0.2, 0.25) is 0 Å². The molecule has 0 bridgehead atoms. The normalized spacial score (nSPS) is 22.5. The van der Waals surface area contributed by atoms with Gasteiger partial charge in [0.2, 0.25) is 0 Å². The molecular weight excluding hydrogens is 289 g/mol. The number of esters is 2. The van der Waals surface area contributed by atoms with Gasteiger partial charge in [-0.25, -0.2) is 4.79 Å². The van der Waals surface area contributed by atoms with E-state index in [0.29, 0.717) is 31.3 Å². The van der Waals surface area contributed by atoms with E-state index in [1.54, 1.807) is 6.92 Å². The van der Waals surface area contributed by atoms with Crippen LogP contribution in [0, 0.1) is 0 Å². The van der Waals surface area contributed by atoms with Gasteiger partial charge in [0, 0.05) is 5.57 Å². The largest absolute Gasteiger partial charge is 0.462 e. The standard InChI is InChI=1S/C14H19F3O4/c1-9(2)13(19)21-11-5-3-10(4-6-11)20-12(18)7-8-14(15,16)17/h10-11H,1,3-8H2,2H3. The number of ether oxygens (including phenoxy) is 2. The number of carbonyl (C=O) groups is 2. The molecule has 1 aliphatic rings. The van der Waals surface area contributed by atoms with E-state index in [1.165, 1.54) is 0 Å². The third-order valence-corrected chi connectivity index (χ3v) is 3.15. The zero-order valence-corrected chi connectivity index (χ0v) is 11.9. The van der Waals surface area contributed by atoms with Crippen molar-refractivity contribution in [2.75, 3.05) is 0 Å². The lowest BCUT2D eigenvalue weighted by Crippen LogP contribution is -2.30. The highest BCUT2D eigenvalue weighted by Gasteiger charge is 2.30. The number of carbonyl (C=O) groups excluding carboxylic acids is 2. The minimum atomic E-state index is -4.35. The number of rotatable bonds is 5. The van der Waals surface area contributed by atoms with Gasteiger partial charge in [-0.05, 0) is 32.6 Å². The van der Waals surface area contributed by atoms with Crippen LogP contribution in [-0.2, 0) is 19.1 Å². The first-order valence-electron chi connectivity index (χ1n) is 6.80. The molecule has 4 nitrogen and oxygen atoms in total. The average molecular weight is 308 g/mol. The van der Waals surface area contributed by atoms with Gasteiger partial charge in [-0.2, -0.15) is 13.2 Å². The molecule has 0 aromatic rings. The number of hydrogen-bond acceptors (Lipinski definition) is 4. The first-order valence-corrected chi connectivity index (χ1v) is 6.80. The summed E-state index contributed by atoms with van der Waals surface area (Å²) < 4.78 is 46.1. The highest BCUT2D eigenvalue weighted by Crippen LogP contribution is 2.26. The van der Waals surface area contributed by atoms with Crippen molar-refractivity contribution in [2.24, 2.45) is 0 Å². The number of halogens is 3. The van der Waals surface area contributed by atoms with Crippen LogP contribution < -0.4 is 0 Å². The maximum atomic E-state index is 12.0. The minimum absolute atomic E-state index is 0.251. The predicted octanol–water partition coefficient (Wildman–Crippen LogP) is 3.30. The zero-order chi connectivity index (χ0) is 16.0. The topological polar surface area (TPSA) is 52.6 Å². The molecule has 0 heterocycles. The van der Waals surface area contributed by atoms with E-state index in [4.69, 9.17) is 9.47 Å². The Morgan fingerprint density at radius 1 is 1.10 bits per heavy atom. The molecule has 0 aliphatic heterocycles. The quantitative estimate of drug-likeness (QED) is 0.577. The molecule has 0 atom stereocenters. The summed E-state index contributed by atoms with van der Waals surface area (Å²) in [6.45, 7) is 5.03. The molecule has 0 unspecified atom stereocenters. The van der Waals surface area contributed by atoms with Crippen molar-refractivity contribution >= 4 is 11.9 Å². The summed E-state index contributed by atoms with van der Waals surface area (Å²) in [5.74, 6) is -1.30. The Bertz CT molecular complexity index is 396. The second-order valence-electron chi connectivity index (χ2n) is 5.19. The van der Waals surface area contributed by atoms with E-state index >= 15 is 0 Å². The van der Waals surface area contributed by atoms with Crippen molar-refractivity contribution in [1.82, 2.24) is 0 Å². The maximum absolute atomic E-state index is 12.0. The fourth-order valence-corrected chi connectivity index (χ4v) is 2.01. The molecular formula is C14H19F3O4. The van der Waals surface area contributed by atoms with E-state index in [9.17, 15) is 22.8 Å². The van der Waals surface area contributed by atoms with E-state index in [0.717, 1.165) is 0 Å². The Kier molecular flexibility index (Phi) is 6.23. The predicted molar refractivity (Wildman–Crippen MR) is 68.3 cm³/mol. The molecule has 0 aromatic heterocycles. The molecule has 21 heavy (non-hydrogen) atoms. The Hall–Kier alpha value is -1.53. The van der Waals surface area contributed by atoms with Gasteiger partial charge >= 0.3 is 18.1 Å². The van der Waals surface area contributed by atoms with Gasteiger partial charge in [0.1, 0.15) is 12.2 Å². The highest BCUT2D eigenvalue weighted by atomic mass is 19.4. The van der Waals surface area contributed by atoms with Crippen LogP contribution in [0.15, 0.2) is 12.2 Å². The molecule has 1 fully saturated rings. The van der Waals surface area contributed by atoms with Crippen LogP contribution in [0.5, 0.6) is 0 Å². The lowest BCUT2D eigenvalue weighted by molar-refractivity contribution is -0.164. The molecule has 0 N–H and O–H groups in total. The van der Waals surface area contributed by atoms with E-state index in [1.807, 2.05) is 0 Å². The molecule has 1 saturated carbocycles. The summed E-state index contributed by atoms with van der Waals surface area (Å²) in [7, 11) is 0. The van der Waals surface area contributed by atoms with Crippen molar-refractivity contribution < 1.29 is 32.2 Å². The Morgan fingerprint density at radius 3 is 2.00 bits per heavy atom. The Labute approximate surface area is 121 Å². The number of hydrogen-bond donors (Lipinski definition) is 0.